The van der Waals surface area contributed by atoms with Crippen LogP contribution in [0.5, 0.6) is 0 Å². The highest BCUT2D eigenvalue weighted by atomic mass is 19.1. The fourth-order valence-electron chi connectivity index (χ4n) is 1.42. The Bertz CT molecular complexity index is 283. The molecule has 0 aliphatic rings. The van der Waals surface area contributed by atoms with E-state index in [1.807, 2.05) is 6.07 Å². The van der Waals surface area contributed by atoms with Crippen molar-refractivity contribution >= 4 is 0 Å². The minimum Gasteiger partial charge on any atom is -0.324 e. The topological polar surface area (TPSA) is 26.0 Å². The van der Waals surface area contributed by atoms with Crippen LogP contribution in [-0.4, -0.2) is 0 Å². The summed E-state index contributed by atoms with van der Waals surface area (Å²) in [7, 11) is 0. The second kappa shape index (κ2) is 5.11. The molecule has 14 heavy (non-hydrogen) atoms. The van der Waals surface area contributed by atoms with E-state index in [0.717, 1.165) is 18.4 Å². The SMILES string of the molecule is CC(C)CC[C@@H](N)c1cccc(F)c1. The molecule has 2 N–H and O–H groups in total. The summed E-state index contributed by atoms with van der Waals surface area (Å²) in [4.78, 5) is 0. The maximum atomic E-state index is 12.9. The van der Waals surface area contributed by atoms with Gasteiger partial charge >= 0.3 is 0 Å². The standard InChI is InChI=1S/C12H18FN/c1-9(2)6-7-12(14)10-4-3-5-11(13)8-10/h3-5,8-9,12H,6-7,14H2,1-2H3/t12-/m1/s1. The Kier molecular flexibility index (Phi) is 4.08. The highest BCUT2D eigenvalue weighted by Crippen LogP contribution is 2.18. The van der Waals surface area contributed by atoms with E-state index in [0.29, 0.717) is 5.92 Å². The normalized spacial score (nSPS) is 13.2. The van der Waals surface area contributed by atoms with E-state index < -0.39 is 0 Å². The zero-order chi connectivity index (χ0) is 10.6. The summed E-state index contributed by atoms with van der Waals surface area (Å²) >= 11 is 0. The Morgan fingerprint density at radius 1 is 1.29 bits per heavy atom. The van der Waals surface area contributed by atoms with Crippen LogP contribution in [0.25, 0.3) is 0 Å². The molecular weight excluding hydrogens is 177 g/mol. The fourth-order valence-corrected chi connectivity index (χ4v) is 1.42. The van der Waals surface area contributed by atoms with Gasteiger partial charge in [0.25, 0.3) is 0 Å². The molecule has 1 rings (SSSR count). The lowest BCUT2D eigenvalue weighted by molar-refractivity contribution is 0.505. The van der Waals surface area contributed by atoms with Gasteiger partial charge in [-0.25, -0.2) is 4.39 Å². The third-order valence-corrected chi connectivity index (χ3v) is 2.33. The lowest BCUT2D eigenvalue weighted by atomic mass is 9.98. The van der Waals surface area contributed by atoms with Gasteiger partial charge in [0.1, 0.15) is 5.82 Å². The van der Waals surface area contributed by atoms with Crippen molar-refractivity contribution in [3.63, 3.8) is 0 Å². The number of rotatable bonds is 4. The Morgan fingerprint density at radius 2 is 2.00 bits per heavy atom. The monoisotopic (exact) mass is 195 g/mol. The van der Waals surface area contributed by atoms with Crippen molar-refractivity contribution in [2.75, 3.05) is 0 Å². The van der Waals surface area contributed by atoms with E-state index in [1.54, 1.807) is 6.07 Å². The molecule has 1 nitrogen and oxygen atoms in total. The van der Waals surface area contributed by atoms with Crippen molar-refractivity contribution in [1.29, 1.82) is 0 Å². The maximum Gasteiger partial charge on any atom is 0.123 e. The smallest absolute Gasteiger partial charge is 0.123 e. The molecule has 0 amide bonds. The van der Waals surface area contributed by atoms with E-state index in [9.17, 15) is 4.39 Å². The maximum absolute atomic E-state index is 12.9. The average Bonchev–Trinajstić information content (AvgIpc) is 2.14. The molecule has 0 aliphatic heterocycles. The molecule has 0 bridgehead atoms. The van der Waals surface area contributed by atoms with Crippen LogP contribution in [0.2, 0.25) is 0 Å². The van der Waals surface area contributed by atoms with Gasteiger partial charge in [-0.1, -0.05) is 26.0 Å². The third-order valence-electron chi connectivity index (χ3n) is 2.33. The van der Waals surface area contributed by atoms with Crippen LogP contribution < -0.4 is 5.73 Å². The van der Waals surface area contributed by atoms with E-state index in [2.05, 4.69) is 13.8 Å². The van der Waals surface area contributed by atoms with E-state index in [-0.39, 0.29) is 11.9 Å². The van der Waals surface area contributed by atoms with Gasteiger partial charge < -0.3 is 5.73 Å². The van der Waals surface area contributed by atoms with Crippen LogP contribution in [0, 0.1) is 11.7 Å². The Balaban J connectivity index is 2.56. The minimum absolute atomic E-state index is 0.0342. The van der Waals surface area contributed by atoms with Gasteiger partial charge in [-0.3, -0.25) is 0 Å². The molecule has 1 aromatic rings. The van der Waals surface area contributed by atoms with Gasteiger partial charge in [-0.05, 0) is 36.5 Å². The van der Waals surface area contributed by atoms with Crippen molar-refractivity contribution in [1.82, 2.24) is 0 Å². The van der Waals surface area contributed by atoms with Crippen molar-refractivity contribution in [2.45, 2.75) is 32.7 Å². The molecule has 1 aromatic carbocycles. The zero-order valence-electron chi connectivity index (χ0n) is 8.83. The van der Waals surface area contributed by atoms with Crippen LogP contribution in [-0.2, 0) is 0 Å². The first-order valence-corrected chi connectivity index (χ1v) is 5.10. The molecule has 1 atom stereocenters. The molecule has 0 fully saturated rings. The number of nitrogens with two attached hydrogens (primary N) is 1. The van der Waals surface area contributed by atoms with Gasteiger partial charge in [0, 0.05) is 6.04 Å². The van der Waals surface area contributed by atoms with Gasteiger partial charge in [0.2, 0.25) is 0 Å². The zero-order valence-corrected chi connectivity index (χ0v) is 8.83. The summed E-state index contributed by atoms with van der Waals surface area (Å²) in [6, 6.07) is 6.52. The third kappa shape index (κ3) is 3.46. The first kappa shape index (κ1) is 11.2. The predicted octanol–water partition coefficient (Wildman–Crippen LogP) is 3.26. The summed E-state index contributed by atoms with van der Waals surface area (Å²) in [5.41, 5.74) is 6.84. The van der Waals surface area contributed by atoms with Crippen LogP contribution in [0.15, 0.2) is 24.3 Å². The molecule has 0 aromatic heterocycles. The largest absolute Gasteiger partial charge is 0.324 e. The number of benzene rings is 1. The molecular formula is C12H18FN. The Labute approximate surface area is 85.1 Å². The van der Waals surface area contributed by atoms with Gasteiger partial charge in [-0.15, -0.1) is 0 Å². The lowest BCUT2D eigenvalue weighted by Gasteiger charge is -2.13. The summed E-state index contributed by atoms with van der Waals surface area (Å²) in [6.45, 7) is 4.33. The van der Waals surface area contributed by atoms with Crippen molar-refractivity contribution in [2.24, 2.45) is 11.7 Å². The summed E-state index contributed by atoms with van der Waals surface area (Å²) in [5, 5.41) is 0. The van der Waals surface area contributed by atoms with Crippen LogP contribution in [0.4, 0.5) is 4.39 Å². The molecule has 0 saturated carbocycles. The van der Waals surface area contributed by atoms with Gasteiger partial charge in [-0.2, -0.15) is 0 Å². The summed E-state index contributed by atoms with van der Waals surface area (Å²) in [5.74, 6) is 0.442. The fraction of sp³-hybridized carbons (Fsp3) is 0.500. The van der Waals surface area contributed by atoms with Crippen LogP contribution in [0.1, 0.15) is 38.3 Å². The van der Waals surface area contributed by atoms with Crippen LogP contribution >= 0.6 is 0 Å². The number of halogens is 1. The van der Waals surface area contributed by atoms with Gasteiger partial charge in [0.15, 0.2) is 0 Å². The summed E-state index contributed by atoms with van der Waals surface area (Å²) in [6.07, 6.45) is 2.00. The first-order chi connectivity index (χ1) is 6.59. The molecule has 0 unspecified atom stereocenters. The average molecular weight is 195 g/mol. The van der Waals surface area contributed by atoms with Crippen molar-refractivity contribution in [3.05, 3.63) is 35.6 Å². The highest BCUT2D eigenvalue weighted by Gasteiger charge is 2.07. The molecule has 78 valence electrons. The van der Waals surface area contributed by atoms with E-state index in [4.69, 9.17) is 5.73 Å². The number of hydrogen-bond donors (Lipinski definition) is 1. The molecule has 2 heteroatoms. The second-order valence-corrected chi connectivity index (χ2v) is 4.13. The van der Waals surface area contributed by atoms with E-state index >= 15 is 0 Å². The molecule has 0 radical (unpaired) electrons. The second-order valence-electron chi connectivity index (χ2n) is 4.13. The van der Waals surface area contributed by atoms with Crippen LogP contribution in [0.3, 0.4) is 0 Å². The molecule has 0 aliphatic carbocycles. The van der Waals surface area contributed by atoms with Crippen molar-refractivity contribution < 1.29 is 4.39 Å². The predicted molar refractivity (Wildman–Crippen MR) is 57.4 cm³/mol. The quantitative estimate of drug-likeness (QED) is 0.784. The lowest BCUT2D eigenvalue weighted by Crippen LogP contribution is -2.11. The number of hydrogen-bond acceptors (Lipinski definition) is 1. The molecule has 0 spiro atoms. The summed E-state index contributed by atoms with van der Waals surface area (Å²) < 4.78 is 12.9. The Morgan fingerprint density at radius 3 is 2.57 bits per heavy atom. The first-order valence-electron chi connectivity index (χ1n) is 5.10. The molecule has 0 heterocycles. The Hall–Kier alpha value is -0.890. The van der Waals surface area contributed by atoms with E-state index in [1.165, 1.54) is 12.1 Å². The highest BCUT2D eigenvalue weighted by molar-refractivity contribution is 5.19. The minimum atomic E-state index is -0.206. The molecule has 0 saturated heterocycles. The van der Waals surface area contributed by atoms with Crippen molar-refractivity contribution in [3.8, 4) is 0 Å². The van der Waals surface area contributed by atoms with Gasteiger partial charge in [0.05, 0.1) is 0 Å².